The van der Waals surface area contributed by atoms with E-state index in [2.05, 4.69) is 39.9 Å². The molecule has 110 valence electrons. The number of methoxy groups -OCH3 is 1. The maximum atomic E-state index is 5.14. The zero-order valence-corrected chi connectivity index (χ0v) is 12.6. The van der Waals surface area contributed by atoms with Gasteiger partial charge in [-0.1, -0.05) is 24.3 Å². The number of aliphatic imine (C=N–C) groups is 1. The molecular weight excluding hydrogens is 250 g/mol. The molecule has 0 aromatic heterocycles. The third-order valence-corrected chi connectivity index (χ3v) is 2.93. The van der Waals surface area contributed by atoms with Crippen molar-refractivity contribution >= 4 is 5.96 Å². The van der Waals surface area contributed by atoms with Crippen LogP contribution in [0.25, 0.3) is 0 Å². The quantitative estimate of drug-likeness (QED) is 0.347. The molecule has 0 amide bonds. The van der Waals surface area contributed by atoms with Crippen molar-refractivity contribution in [2.45, 2.75) is 19.8 Å². The molecule has 0 unspecified atom stereocenters. The molecule has 4 nitrogen and oxygen atoms in total. The van der Waals surface area contributed by atoms with E-state index in [9.17, 15) is 0 Å². The lowest BCUT2D eigenvalue weighted by molar-refractivity contribution is 0.414. The summed E-state index contributed by atoms with van der Waals surface area (Å²) in [5, 5.41) is 6.58. The van der Waals surface area contributed by atoms with E-state index < -0.39 is 0 Å². The Labute approximate surface area is 121 Å². The van der Waals surface area contributed by atoms with E-state index in [-0.39, 0.29) is 0 Å². The predicted octanol–water partition coefficient (Wildman–Crippen LogP) is 2.37. The van der Waals surface area contributed by atoms with Crippen molar-refractivity contribution in [1.82, 2.24) is 10.6 Å². The number of nitrogens with one attached hydrogen (secondary N) is 2. The van der Waals surface area contributed by atoms with Crippen LogP contribution in [0.2, 0.25) is 0 Å². The van der Waals surface area contributed by atoms with Gasteiger partial charge in [0, 0.05) is 20.1 Å². The fourth-order valence-corrected chi connectivity index (χ4v) is 1.78. The van der Waals surface area contributed by atoms with Crippen molar-refractivity contribution < 1.29 is 4.74 Å². The maximum Gasteiger partial charge on any atom is 0.190 e. The normalized spacial score (nSPS) is 11.7. The van der Waals surface area contributed by atoms with Crippen LogP contribution >= 0.6 is 0 Å². The molecule has 0 aliphatic heterocycles. The summed E-state index contributed by atoms with van der Waals surface area (Å²) in [5.74, 6) is 1.74. The van der Waals surface area contributed by atoms with Crippen molar-refractivity contribution in [3.8, 4) is 5.75 Å². The van der Waals surface area contributed by atoms with Crippen LogP contribution in [0, 0.1) is 0 Å². The molecule has 2 N–H and O–H groups in total. The zero-order valence-electron chi connectivity index (χ0n) is 12.6. The van der Waals surface area contributed by atoms with Crippen molar-refractivity contribution in [3.05, 3.63) is 42.0 Å². The van der Waals surface area contributed by atoms with E-state index in [1.165, 1.54) is 5.56 Å². The second kappa shape index (κ2) is 9.89. The molecule has 1 rings (SSSR count). The number of nitrogens with zero attached hydrogens (tertiary/aromatic N) is 1. The van der Waals surface area contributed by atoms with Crippen molar-refractivity contribution in [2.24, 2.45) is 4.99 Å². The van der Waals surface area contributed by atoms with Gasteiger partial charge >= 0.3 is 0 Å². The number of hydrogen-bond donors (Lipinski definition) is 2. The molecule has 0 atom stereocenters. The number of rotatable bonds is 7. The van der Waals surface area contributed by atoms with Crippen molar-refractivity contribution in [3.63, 3.8) is 0 Å². The molecule has 20 heavy (non-hydrogen) atoms. The summed E-state index contributed by atoms with van der Waals surface area (Å²) in [6.45, 7) is 3.78. The molecule has 0 aliphatic carbocycles. The number of hydrogen-bond acceptors (Lipinski definition) is 2. The smallest absolute Gasteiger partial charge is 0.190 e. The van der Waals surface area contributed by atoms with Gasteiger partial charge in [0.2, 0.25) is 0 Å². The average molecular weight is 275 g/mol. The Morgan fingerprint density at radius 2 is 1.90 bits per heavy atom. The SMILES string of the molecule is CC=CCCNC(=NC)NCCc1ccc(OC)cc1. The van der Waals surface area contributed by atoms with Gasteiger partial charge in [0.1, 0.15) is 5.75 Å². The average Bonchev–Trinajstić information content (AvgIpc) is 2.50. The first kappa shape index (κ1) is 16.1. The van der Waals surface area contributed by atoms with Gasteiger partial charge < -0.3 is 15.4 Å². The molecule has 4 heteroatoms. The highest BCUT2D eigenvalue weighted by molar-refractivity contribution is 5.79. The number of benzene rings is 1. The van der Waals surface area contributed by atoms with Crippen molar-refractivity contribution in [2.75, 3.05) is 27.2 Å². The summed E-state index contributed by atoms with van der Waals surface area (Å²) in [6, 6.07) is 8.14. The standard InChI is InChI=1S/C16H25N3O/c1-4-5-6-12-18-16(17-2)19-13-11-14-7-9-15(20-3)10-8-14/h4-5,7-10H,6,11-13H2,1-3H3,(H2,17,18,19). The monoisotopic (exact) mass is 275 g/mol. The van der Waals surface area contributed by atoms with Gasteiger partial charge in [-0.3, -0.25) is 4.99 Å². The topological polar surface area (TPSA) is 45.7 Å². The van der Waals surface area contributed by atoms with Crippen LogP contribution in [0.5, 0.6) is 5.75 Å². The number of allylic oxidation sites excluding steroid dienone is 1. The Kier molecular flexibility index (Phi) is 7.96. The Bertz CT molecular complexity index is 424. The van der Waals surface area contributed by atoms with E-state index in [0.29, 0.717) is 0 Å². The van der Waals surface area contributed by atoms with E-state index in [4.69, 9.17) is 4.74 Å². The highest BCUT2D eigenvalue weighted by atomic mass is 16.5. The van der Waals surface area contributed by atoms with Crippen LogP contribution in [0.1, 0.15) is 18.9 Å². The molecule has 1 aromatic carbocycles. The fourth-order valence-electron chi connectivity index (χ4n) is 1.78. The molecule has 0 spiro atoms. The maximum absolute atomic E-state index is 5.14. The molecule has 0 heterocycles. The van der Waals surface area contributed by atoms with Gasteiger partial charge in [0.15, 0.2) is 5.96 Å². The van der Waals surface area contributed by atoms with Gasteiger partial charge in [-0.05, 0) is 37.5 Å². The summed E-state index contributed by atoms with van der Waals surface area (Å²) < 4.78 is 5.14. The summed E-state index contributed by atoms with van der Waals surface area (Å²) in [5.41, 5.74) is 1.28. The van der Waals surface area contributed by atoms with Crippen LogP contribution < -0.4 is 15.4 Å². The van der Waals surface area contributed by atoms with E-state index >= 15 is 0 Å². The van der Waals surface area contributed by atoms with Crippen LogP contribution in [0.3, 0.4) is 0 Å². The van der Waals surface area contributed by atoms with Crippen LogP contribution in [0.15, 0.2) is 41.4 Å². The van der Waals surface area contributed by atoms with E-state index in [1.807, 2.05) is 19.1 Å². The minimum atomic E-state index is 0.850. The third kappa shape index (κ3) is 6.27. The molecule has 0 radical (unpaired) electrons. The molecular formula is C16H25N3O. The highest BCUT2D eigenvalue weighted by Gasteiger charge is 1.97. The lowest BCUT2D eigenvalue weighted by Crippen LogP contribution is -2.38. The van der Waals surface area contributed by atoms with E-state index in [1.54, 1.807) is 14.2 Å². The highest BCUT2D eigenvalue weighted by Crippen LogP contribution is 2.11. The fraction of sp³-hybridized carbons (Fsp3) is 0.438. The van der Waals surface area contributed by atoms with Gasteiger partial charge in [0.05, 0.1) is 7.11 Å². The first-order valence-corrected chi connectivity index (χ1v) is 6.98. The lowest BCUT2D eigenvalue weighted by atomic mass is 10.1. The van der Waals surface area contributed by atoms with Crippen LogP contribution in [0.4, 0.5) is 0 Å². The molecule has 0 aliphatic rings. The molecule has 0 bridgehead atoms. The Balaban J connectivity index is 2.26. The predicted molar refractivity (Wildman–Crippen MR) is 85.5 cm³/mol. The summed E-state index contributed by atoms with van der Waals surface area (Å²) >= 11 is 0. The van der Waals surface area contributed by atoms with Gasteiger partial charge in [-0.2, -0.15) is 0 Å². The second-order valence-electron chi connectivity index (χ2n) is 4.38. The van der Waals surface area contributed by atoms with Crippen LogP contribution in [-0.4, -0.2) is 33.2 Å². The molecule has 1 aromatic rings. The summed E-state index contributed by atoms with van der Waals surface area (Å²) in [6.07, 6.45) is 6.16. The minimum absolute atomic E-state index is 0.850. The summed E-state index contributed by atoms with van der Waals surface area (Å²) in [4.78, 5) is 4.19. The Morgan fingerprint density at radius 1 is 1.20 bits per heavy atom. The van der Waals surface area contributed by atoms with Gasteiger partial charge in [0.25, 0.3) is 0 Å². The van der Waals surface area contributed by atoms with Crippen molar-refractivity contribution in [1.29, 1.82) is 0 Å². The number of ether oxygens (including phenoxy) is 1. The first-order chi connectivity index (χ1) is 9.80. The Morgan fingerprint density at radius 3 is 2.50 bits per heavy atom. The first-order valence-electron chi connectivity index (χ1n) is 6.98. The van der Waals surface area contributed by atoms with Gasteiger partial charge in [-0.15, -0.1) is 0 Å². The zero-order chi connectivity index (χ0) is 14.6. The third-order valence-electron chi connectivity index (χ3n) is 2.93. The van der Waals surface area contributed by atoms with E-state index in [0.717, 1.165) is 37.6 Å². The molecule has 0 saturated carbocycles. The van der Waals surface area contributed by atoms with Gasteiger partial charge in [-0.25, -0.2) is 0 Å². The second-order valence-corrected chi connectivity index (χ2v) is 4.38. The van der Waals surface area contributed by atoms with Crippen LogP contribution in [-0.2, 0) is 6.42 Å². The Hall–Kier alpha value is -1.97. The molecule has 0 fully saturated rings. The minimum Gasteiger partial charge on any atom is -0.497 e. The summed E-state index contributed by atoms with van der Waals surface area (Å²) in [7, 11) is 3.47. The molecule has 0 saturated heterocycles. The number of guanidine groups is 1. The largest absolute Gasteiger partial charge is 0.497 e. The lowest BCUT2D eigenvalue weighted by Gasteiger charge is -2.11.